The molecule has 0 aliphatic carbocycles. The molecule has 5 heteroatoms. The van der Waals surface area contributed by atoms with Gasteiger partial charge in [0.15, 0.2) is 6.39 Å². The van der Waals surface area contributed by atoms with Crippen molar-refractivity contribution in [2.45, 2.75) is 26.7 Å². The molecule has 1 rings (SSSR count). The molecule has 0 spiro atoms. The first-order valence-electron chi connectivity index (χ1n) is 5.48. The number of aliphatic hydroxyl groups excluding tert-OH is 1. The predicted octanol–water partition coefficient (Wildman–Crippen LogP) is 1.12. The summed E-state index contributed by atoms with van der Waals surface area (Å²) in [4.78, 5) is 15.5. The van der Waals surface area contributed by atoms with Crippen LogP contribution in [-0.2, 0) is 0 Å². The van der Waals surface area contributed by atoms with Gasteiger partial charge in [-0.3, -0.25) is 4.79 Å². The van der Waals surface area contributed by atoms with Crippen LogP contribution in [0.25, 0.3) is 0 Å². The molecule has 0 aliphatic heterocycles. The molecule has 5 nitrogen and oxygen atoms in total. The van der Waals surface area contributed by atoms with Gasteiger partial charge < -0.3 is 14.8 Å². The van der Waals surface area contributed by atoms with E-state index in [2.05, 4.69) is 10.3 Å². The highest BCUT2D eigenvalue weighted by molar-refractivity contribution is 5.92. The summed E-state index contributed by atoms with van der Waals surface area (Å²) in [5.41, 5.74) is 0.590. The predicted molar refractivity (Wildman–Crippen MR) is 59.1 cm³/mol. The van der Waals surface area contributed by atoms with Crippen molar-refractivity contribution in [3.8, 4) is 0 Å². The minimum atomic E-state index is -0.244. The zero-order valence-corrected chi connectivity index (χ0v) is 9.69. The monoisotopic (exact) mass is 226 g/mol. The molecule has 1 aromatic rings. The molecular weight excluding hydrogens is 208 g/mol. The molecule has 0 saturated heterocycles. The first-order valence-corrected chi connectivity index (χ1v) is 5.48. The van der Waals surface area contributed by atoms with Crippen LogP contribution in [0, 0.1) is 12.8 Å². The van der Waals surface area contributed by atoms with Gasteiger partial charge in [0.1, 0.15) is 0 Å². The molecule has 1 amide bonds. The lowest BCUT2D eigenvalue weighted by molar-refractivity contribution is 0.0915. The smallest absolute Gasteiger partial charge is 0.289 e. The normalized spacial score (nSPS) is 12.4. The van der Waals surface area contributed by atoms with Gasteiger partial charge in [-0.15, -0.1) is 0 Å². The summed E-state index contributed by atoms with van der Waals surface area (Å²) in [6.07, 6.45) is 2.89. The molecule has 90 valence electrons. The van der Waals surface area contributed by atoms with Gasteiger partial charge in [0.05, 0.1) is 5.69 Å². The Morgan fingerprint density at radius 1 is 1.69 bits per heavy atom. The zero-order chi connectivity index (χ0) is 12.0. The second-order valence-electron chi connectivity index (χ2n) is 3.76. The zero-order valence-electron chi connectivity index (χ0n) is 9.69. The number of rotatable bonds is 6. The lowest BCUT2D eigenvalue weighted by atomic mass is 10.0. The van der Waals surface area contributed by atoms with Crippen molar-refractivity contribution >= 4 is 5.91 Å². The molecule has 2 N–H and O–H groups in total. The molecule has 0 bridgehead atoms. The summed E-state index contributed by atoms with van der Waals surface area (Å²) in [7, 11) is 0. The van der Waals surface area contributed by atoms with Gasteiger partial charge in [0.2, 0.25) is 5.76 Å². The molecule has 1 aromatic heterocycles. The van der Waals surface area contributed by atoms with E-state index in [1.807, 2.05) is 6.92 Å². The van der Waals surface area contributed by atoms with Crippen molar-refractivity contribution < 1.29 is 14.3 Å². The van der Waals surface area contributed by atoms with Gasteiger partial charge in [0, 0.05) is 13.2 Å². The number of nitrogens with zero attached hydrogens (tertiary/aromatic N) is 1. The van der Waals surface area contributed by atoms with Gasteiger partial charge in [-0.2, -0.15) is 0 Å². The van der Waals surface area contributed by atoms with Crippen molar-refractivity contribution in [2.24, 2.45) is 5.92 Å². The highest BCUT2D eigenvalue weighted by Gasteiger charge is 2.15. The molecule has 0 aliphatic rings. The van der Waals surface area contributed by atoms with Crippen LogP contribution >= 0.6 is 0 Å². The molecule has 1 heterocycles. The van der Waals surface area contributed by atoms with Gasteiger partial charge in [-0.05, 0) is 19.3 Å². The van der Waals surface area contributed by atoms with E-state index >= 15 is 0 Å². The topological polar surface area (TPSA) is 75.4 Å². The van der Waals surface area contributed by atoms with E-state index in [0.717, 1.165) is 6.42 Å². The molecule has 0 fully saturated rings. The Bertz CT molecular complexity index is 336. The molecular formula is C11H18N2O3. The minimum absolute atomic E-state index is 0.149. The van der Waals surface area contributed by atoms with E-state index in [1.165, 1.54) is 6.39 Å². The summed E-state index contributed by atoms with van der Waals surface area (Å²) in [6.45, 7) is 4.46. The first-order chi connectivity index (χ1) is 7.69. The van der Waals surface area contributed by atoms with Crippen LogP contribution in [0.1, 0.15) is 36.0 Å². The maximum absolute atomic E-state index is 11.6. The van der Waals surface area contributed by atoms with Gasteiger partial charge in [-0.1, -0.05) is 13.3 Å². The van der Waals surface area contributed by atoms with Gasteiger partial charge in [-0.25, -0.2) is 4.98 Å². The maximum Gasteiger partial charge on any atom is 0.289 e. The van der Waals surface area contributed by atoms with E-state index < -0.39 is 0 Å². The summed E-state index contributed by atoms with van der Waals surface area (Å²) >= 11 is 0. The number of nitrogens with one attached hydrogen (secondary N) is 1. The fourth-order valence-corrected chi connectivity index (χ4v) is 1.47. The quantitative estimate of drug-likeness (QED) is 0.762. The minimum Gasteiger partial charge on any atom is -0.438 e. The second kappa shape index (κ2) is 6.27. The van der Waals surface area contributed by atoms with E-state index in [4.69, 9.17) is 9.52 Å². The Labute approximate surface area is 94.9 Å². The lowest BCUT2D eigenvalue weighted by Crippen LogP contribution is -2.29. The average Bonchev–Trinajstić information content (AvgIpc) is 2.70. The van der Waals surface area contributed by atoms with Crippen LogP contribution < -0.4 is 5.32 Å². The number of carbonyl (C=O) groups excluding carboxylic acids is 1. The van der Waals surface area contributed by atoms with Crippen LogP contribution in [0.2, 0.25) is 0 Å². The number of hydrogen-bond acceptors (Lipinski definition) is 4. The van der Waals surface area contributed by atoms with Crippen LogP contribution in [0.15, 0.2) is 10.8 Å². The number of aromatic nitrogens is 1. The summed E-state index contributed by atoms with van der Waals surface area (Å²) < 4.78 is 4.98. The first kappa shape index (κ1) is 12.7. The third-order valence-electron chi connectivity index (χ3n) is 2.62. The largest absolute Gasteiger partial charge is 0.438 e. The van der Waals surface area contributed by atoms with Crippen molar-refractivity contribution in [3.63, 3.8) is 0 Å². The Kier molecular flexibility index (Phi) is 4.98. The Balaban J connectivity index is 2.43. The van der Waals surface area contributed by atoms with E-state index in [1.54, 1.807) is 6.92 Å². The number of aryl methyl sites for hydroxylation is 1. The molecule has 0 radical (unpaired) electrons. The fourth-order valence-electron chi connectivity index (χ4n) is 1.47. The molecule has 16 heavy (non-hydrogen) atoms. The molecule has 1 unspecified atom stereocenters. The highest BCUT2D eigenvalue weighted by Crippen LogP contribution is 2.08. The summed E-state index contributed by atoms with van der Waals surface area (Å²) in [6, 6.07) is 0. The van der Waals surface area contributed by atoms with E-state index in [9.17, 15) is 4.79 Å². The van der Waals surface area contributed by atoms with Gasteiger partial charge >= 0.3 is 0 Å². The van der Waals surface area contributed by atoms with Crippen molar-refractivity contribution in [1.29, 1.82) is 0 Å². The highest BCUT2D eigenvalue weighted by atomic mass is 16.3. The number of hydrogen-bond donors (Lipinski definition) is 2. The Morgan fingerprint density at radius 3 is 2.94 bits per heavy atom. The van der Waals surface area contributed by atoms with Crippen LogP contribution in [0.4, 0.5) is 0 Å². The van der Waals surface area contributed by atoms with E-state index in [0.29, 0.717) is 24.6 Å². The maximum atomic E-state index is 11.6. The van der Waals surface area contributed by atoms with E-state index in [-0.39, 0.29) is 18.3 Å². The third-order valence-corrected chi connectivity index (χ3v) is 2.62. The standard InChI is InChI=1S/C11H18N2O3/c1-3-9(4-5-14)6-12-11(15)10-8(2)13-7-16-10/h7,9,14H,3-6H2,1-2H3,(H,12,15). The van der Waals surface area contributed by atoms with Crippen LogP contribution in [0.3, 0.4) is 0 Å². The average molecular weight is 226 g/mol. The fraction of sp³-hybridized carbons (Fsp3) is 0.636. The molecule has 0 aromatic carbocycles. The number of amides is 1. The second-order valence-corrected chi connectivity index (χ2v) is 3.76. The summed E-state index contributed by atoms with van der Waals surface area (Å²) in [5.74, 6) is 0.322. The van der Waals surface area contributed by atoms with Crippen LogP contribution in [-0.4, -0.2) is 29.1 Å². The molecule has 0 saturated carbocycles. The van der Waals surface area contributed by atoms with Crippen molar-refractivity contribution in [1.82, 2.24) is 10.3 Å². The number of carbonyl (C=O) groups is 1. The van der Waals surface area contributed by atoms with Crippen LogP contribution in [0.5, 0.6) is 0 Å². The third kappa shape index (κ3) is 3.34. The van der Waals surface area contributed by atoms with Gasteiger partial charge in [0.25, 0.3) is 5.91 Å². The Hall–Kier alpha value is -1.36. The lowest BCUT2D eigenvalue weighted by Gasteiger charge is -2.13. The SMILES string of the molecule is CCC(CCO)CNC(=O)c1ocnc1C. The van der Waals surface area contributed by atoms with Crippen molar-refractivity contribution in [3.05, 3.63) is 17.8 Å². The van der Waals surface area contributed by atoms with Crippen molar-refractivity contribution in [2.75, 3.05) is 13.2 Å². The molecule has 1 atom stereocenters. The Morgan fingerprint density at radius 2 is 2.44 bits per heavy atom. The number of aliphatic hydroxyl groups is 1. The summed E-state index contributed by atoms with van der Waals surface area (Å²) in [5, 5.41) is 11.6. The number of oxazole rings is 1.